The number of aromatic nitrogens is 1. The molecule has 6 atom stereocenters. The third kappa shape index (κ3) is 1.78. The van der Waals surface area contributed by atoms with Gasteiger partial charge in [-0.05, 0) is 74.2 Å². The SMILES string of the molecule is C[C@]12Cc3cnoc3C=C1CC[C@@H]1[C@@H]2CC[C@@]2(C)[C@H]1CCC2(O)C#N. The van der Waals surface area contributed by atoms with Crippen molar-refractivity contribution in [3.05, 3.63) is 23.1 Å². The average Bonchev–Trinajstić information content (AvgIpc) is 3.14. The van der Waals surface area contributed by atoms with Gasteiger partial charge in [-0.15, -0.1) is 0 Å². The number of aliphatic hydroxyl groups is 1. The Kier molecular flexibility index (Phi) is 2.98. The van der Waals surface area contributed by atoms with E-state index >= 15 is 0 Å². The van der Waals surface area contributed by atoms with Crippen molar-refractivity contribution in [2.45, 2.75) is 64.4 Å². The zero-order valence-corrected chi connectivity index (χ0v) is 15.1. The Morgan fingerprint density at radius 2 is 2.04 bits per heavy atom. The van der Waals surface area contributed by atoms with E-state index in [0.717, 1.165) is 37.9 Å². The van der Waals surface area contributed by atoms with Crippen LogP contribution in [0.4, 0.5) is 0 Å². The average molecular weight is 338 g/mol. The van der Waals surface area contributed by atoms with Gasteiger partial charge in [-0.25, -0.2) is 0 Å². The topological polar surface area (TPSA) is 70.1 Å². The van der Waals surface area contributed by atoms with Crippen LogP contribution in [0.1, 0.15) is 63.7 Å². The highest BCUT2D eigenvalue weighted by Gasteiger charge is 2.64. The van der Waals surface area contributed by atoms with E-state index in [4.69, 9.17) is 4.52 Å². The van der Waals surface area contributed by atoms with E-state index in [9.17, 15) is 10.4 Å². The van der Waals surface area contributed by atoms with Crippen LogP contribution in [-0.2, 0) is 6.42 Å². The summed E-state index contributed by atoms with van der Waals surface area (Å²) in [6, 6.07) is 2.27. The van der Waals surface area contributed by atoms with Crippen molar-refractivity contribution in [3.8, 4) is 6.07 Å². The largest absolute Gasteiger partial charge is 0.375 e. The van der Waals surface area contributed by atoms with Crippen molar-refractivity contribution in [2.75, 3.05) is 0 Å². The molecule has 4 nitrogen and oxygen atoms in total. The number of rotatable bonds is 0. The van der Waals surface area contributed by atoms with Crippen molar-refractivity contribution in [2.24, 2.45) is 28.6 Å². The Morgan fingerprint density at radius 3 is 2.84 bits per heavy atom. The summed E-state index contributed by atoms with van der Waals surface area (Å²) in [6.45, 7) is 4.61. The van der Waals surface area contributed by atoms with Gasteiger partial charge in [-0.1, -0.05) is 24.6 Å². The second-order valence-electron chi connectivity index (χ2n) is 9.36. The lowest BCUT2D eigenvalue weighted by Gasteiger charge is -2.58. The lowest BCUT2D eigenvalue weighted by Crippen LogP contribution is -2.54. The molecular formula is C21H26N2O2. The van der Waals surface area contributed by atoms with Gasteiger partial charge >= 0.3 is 0 Å². The van der Waals surface area contributed by atoms with Gasteiger partial charge in [0.2, 0.25) is 0 Å². The van der Waals surface area contributed by atoms with E-state index in [1.165, 1.54) is 17.6 Å². The minimum atomic E-state index is -1.13. The van der Waals surface area contributed by atoms with Crippen molar-refractivity contribution in [1.29, 1.82) is 5.26 Å². The molecule has 0 radical (unpaired) electrons. The van der Waals surface area contributed by atoms with E-state index in [0.29, 0.717) is 24.2 Å². The summed E-state index contributed by atoms with van der Waals surface area (Å²) in [5, 5.41) is 24.6. The number of nitriles is 1. The zero-order valence-electron chi connectivity index (χ0n) is 15.1. The van der Waals surface area contributed by atoms with E-state index in [-0.39, 0.29) is 10.8 Å². The van der Waals surface area contributed by atoms with Crippen LogP contribution in [0, 0.1) is 39.9 Å². The second-order valence-corrected chi connectivity index (χ2v) is 9.36. The molecule has 4 heteroatoms. The maximum Gasteiger partial charge on any atom is 0.162 e. The summed E-state index contributed by atoms with van der Waals surface area (Å²) in [4.78, 5) is 0. The molecule has 0 aliphatic heterocycles. The molecule has 1 aromatic heterocycles. The summed E-state index contributed by atoms with van der Waals surface area (Å²) < 4.78 is 5.42. The van der Waals surface area contributed by atoms with Crippen LogP contribution in [0.25, 0.3) is 6.08 Å². The van der Waals surface area contributed by atoms with Crippen molar-refractivity contribution in [1.82, 2.24) is 5.16 Å². The highest BCUT2D eigenvalue weighted by Crippen LogP contribution is 2.67. The Hall–Kier alpha value is -1.60. The Bertz CT molecular complexity index is 805. The van der Waals surface area contributed by atoms with Gasteiger partial charge in [0.1, 0.15) is 0 Å². The molecule has 0 amide bonds. The molecule has 0 aromatic carbocycles. The third-order valence-corrected chi connectivity index (χ3v) is 8.61. The number of fused-ring (bicyclic) bond motifs is 6. The second kappa shape index (κ2) is 4.76. The molecule has 0 spiro atoms. The van der Waals surface area contributed by atoms with Gasteiger partial charge in [0.25, 0.3) is 0 Å². The number of nitrogens with zero attached hydrogens (tertiary/aromatic N) is 2. The quantitative estimate of drug-likeness (QED) is 0.723. The van der Waals surface area contributed by atoms with Crippen molar-refractivity contribution >= 4 is 6.08 Å². The van der Waals surface area contributed by atoms with Gasteiger partial charge < -0.3 is 9.63 Å². The van der Waals surface area contributed by atoms with Crippen LogP contribution in [0.15, 0.2) is 16.3 Å². The van der Waals surface area contributed by atoms with Gasteiger partial charge in [0, 0.05) is 11.0 Å². The molecular weight excluding hydrogens is 312 g/mol. The summed E-state index contributed by atoms with van der Waals surface area (Å²) in [7, 11) is 0. The molecule has 25 heavy (non-hydrogen) atoms. The Labute approximate surface area is 148 Å². The standard InChI is InChI=1S/C21H26N2O2/c1-19-10-13-11-23-25-18(13)9-14(19)3-4-15-16(19)5-7-20(2)17(15)6-8-21(20,24)12-22/h9,11,15-17,24H,3-8,10H2,1-2H3/t15-,16+,17+,19+,20+,21?/m1/s1. The van der Waals surface area contributed by atoms with Gasteiger partial charge in [-0.3, -0.25) is 0 Å². The Balaban J connectivity index is 1.53. The minimum Gasteiger partial charge on any atom is -0.375 e. The van der Waals surface area contributed by atoms with Crippen LogP contribution in [0.5, 0.6) is 0 Å². The van der Waals surface area contributed by atoms with Gasteiger partial charge in [-0.2, -0.15) is 5.26 Å². The molecule has 3 fully saturated rings. The molecule has 0 bridgehead atoms. The van der Waals surface area contributed by atoms with Crippen LogP contribution < -0.4 is 0 Å². The molecule has 1 unspecified atom stereocenters. The fourth-order valence-corrected chi connectivity index (χ4v) is 7.08. The summed E-state index contributed by atoms with van der Waals surface area (Å²) >= 11 is 0. The number of hydrogen-bond donors (Lipinski definition) is 1. The predicted octanol–water partition coefficient (Wildman–Crippen LogP) is 4.11. The number of allylic oxidation sites excluding steroid dienone is 1. The first-order valence-electron chi connectivity index (χ1n) is 9.69. The minimum absolute atomic E-state index is 0.177. The molecule has 132 valence electrons. The first kappa shape index (κ1) is 15.6. The van der Waals surface area contributed by atoms with E-state index in [2.05, 4.69) is 31.1 Å². The normalized spacial score (nSPS) is 47.8. The van der Waals surface area contributed by atoms with E-state index in [1.54, 1.807) is 0 Å². The van der Waals surface area contributed by atoms with Crippen molar-refractivity contribution < 1.29 is 9.63 Å². The first-order valence-corrected chi connectivity index (χ1v) is 9.69. The highest BCUT2D eigenvalue weighted by atomic mass is 16.5. The first-order chi connectivity index (χ1) is 11.9. The molecule has 5 rings (SSSR count). The van der Waals surface area contributed by atoms with Gasteiger partial charge in [0.05, 0.1) is 12.3 Å². The maximum atomic E-state index is 11.0. The lowest BCUT2D eigenvalue weighted by molar-refractivity contribution is -0.0984. The maximum absolute atomic E-state index is 11.0. The smallest absolute Gasteiger partial charge is 0.162 e. The van der Waals surface area contributed by atoms with Crippen LogP contribution in [-0.4, -0.2) is 15.9 Å². The number of hydrogen-bond acceptors (Lipinski definition) is 4. The molecule has 4 aliphatic carbocycles. The molecule has 4 aliphatic rings. The summed E-state index contributed by atoms with van der Waals surface area (Å²) in [5.74, 6) is 2.67. The lowest BCUT2D eigenvalue weighted by atomic mass is 9.46. The molecule has 1 heterocycles. The van der Waals surface area contributed by atoms with Crippen LogP contribution in [0.2, 0.25) is 0 Å². The highest BCUT2D eigenvalue weighted by molar-refractivity contribution is 5.57. The van der Waals surface area contributed by atoms with Crippen LogP contribution >= 0.6 is 0 Å². The van der Waals surface area contributed by atoms with E-state index in [1.807, 2.05) is 6.20 Å². The zero-order chi connectivity index (χ0) is 17.4. The van der Waals surface area contributed by atoms with Crippen LogP contribution in [0.3, 0.4) is 0 Å². The van der Waals surface area contributed by atoms with E-state index < -0.39 is 5.60 Å². The predicted molar refractivity (Wildman–Crippen MR) is 93.1 cm³/mol. The fourth-order valence-electron chi connectivity index (χ4n) is 7.08. The molecule has 1 aromatic rings. The monoisotopic (exact) mass is 338 g/mol. The van der Waals surface area contributed by atoms with Gasteiger partial charge in [0.15, 0.2) is 11.4 Å². The summed E-state index contributed by atoms with van der Waals surface area (Å²) in [5.41, 5.74) is 1.57. The third-order valence-electron chi connectivity index (χ3n) is 8.61. The van der Waals surface area contributed by atoms with Crippen molar-refractivity contribution in [3.63, 3.8) is 0 Å². The molecule has 1 N–H and O–H groups in total. The summed E-state index contributed by atoms with van der Waals surface area (Å²) in [6.07, 6.45) is 11.1. The molecule has 3 saturated carbocycles. The fraction of sp³-hybridized carbons (Fsp3) is 0.714. The Morgan fingerprint density at radius 1 is 1.24 bits per heavy atom. The molecule has 0 saturated heterocycles.